The zero-order chi connectivity index (χ0) is 8.85. The molecule has 0 bridgehead atoms. The lowest BCUT2D eigenvalue weighted by Gasteiger charge is -2.04. The lowest BCUT2D eigenvalue weighted by Crippen LogP contribution is -2.30. The van der Waals surface area contributed by atoms with E-state index in [0.717, 1.165) is 0 Å². The van der Waals surface area contributed by atoms with Gasteiger partial charge in [0.2, 0.25) is 0 Å². The maximum Gasteiger partial charge on any atom is 0.320 e. The van der Waals surface area contributed by atoms with Crippen molar-refractivity contribution in [2.45, 2.75) is 18.2 Å². The minimum absolute atomic E-state index is 0. The van der Waals surface area contributed by atoms with Gasteiger partial charge in [0.25, 0.3) is 5.76 Å². The van der Waals surface area contributed by atoms with Crippen LogP contribution in [-0.4, -0.2) is 28.6 Å². The first-order chi connectivity index (χ1) is 5.04. The number of thioether (sulfide) groups is 1. The number of nitrogens with two attached hydrogens (primary N) is 1. The summed E-state index contributed by atoms with van der Waals surface area (Å²) >= 11 is 0.400. The standard InChI is InChI=1S/C5H9F2NO2S.ClH/c6-5(7)11-2-1-3(8)4(9)10;/h3,5H,1-2,8H2,(H,9,10);1H/t3-;/m0./s1. The van der Waals surface area contributed by atoms with Crippen LogP contribution in [0, 0.1) is 0 Å². The highest BCUT2D eigenvalue weighted by atomic mass is 35.5. The van der Waals surface area contributed by atoms with Crippen LogP contribution in [0.15, 0.2) is 0 Å². The van der Waals surface area contributed by atoms with Gasteiger partial charge in [-0.1, -0.05) is 11.8 Å². The third-order valence-electron chi connectivity index (χ3n) is 0.990. The molecule has 1 atom stereocenters. The van der Waals surface area contributed by atoms with E-state index in [1.54, 1.807) is 0 Å². The summed E-state index contributed by atoms with van der Waals surface area (Å²) in [6.45, 7) is 0. The third kappa shape index (κ3) is 8.03. The molecule has 0 amide bonds. The number of hydrogen-bond donors (Lipinski definition) is 2. The van der Waals surface area contributed by atoms with Crippen LogP contribution in [0.25, 0.3) is 0 Å². The second kappa shape index (κ2) is 7.57. The summed E-state index contributed by atoms with van der Waals surface area (Å²) in [4.78, 5) is 10.1. The Morgan fingerprint density at radius 3 is 2.42 bits per heavy atom. The van der Waals surface area contributed by atoms with E-state index in [2.05, 4.69) is 0 Å². The van der Waals surface area contributed by atoms with E-state index >= 15 is 0 Å². The van der Waals surface area contributed by atoms with Crippen molar-refractivity contribution in [1.29, 1.82) is 0 Å². The third-order valence-corrected chi connectivity index (χ3v) is 1.71. The Morgan fingerprint density at radius 1 is 1.58 bits per heavy atom. The van der Waals surface area contributed by atoms with Crippen LogP contribution >= 0.6 is 24.2 Å². The molecule has 0 aliphatic heterocycles. The van der Waals surface area contributed by atoms with E-state index in [9.17, 15) is 13.6 Å². The van der Waals surface area contributed by atoms with Gasteiger partial charge in [-0.2, -0.15) is 8.78 Å². The van der Waals surface area contributed by atoms with Crippen LogP contribution in [0.3, 0.4) is 0 Å². The van der Waals surface area contributed by atoms with Gasteiger partial charge in [0, 0.05) is 5.75 Å². The number of aliphatic carboxylic acids is 1. The van der Waals surface area contributed by atoms with E-state index in [1.165, 1.54) is 0 Å². The molecule has 0 aromatic heterocycles. The van der Waals surface area contributed by atoms with Gasteiger partial charge in [-0.15, -0.1) is 12.4 Å². The maximum absolute atomic E-state index is 11.5. The summed E-state index contributed by atoms with van der Waals surface area (Å²) in [5.74, 6) is -3.53. The van der Waals surface area contributed by atoms with Crippen molar-refractivity contribution < 1.29 is 18.7 Å². The number of rotatable bonds is 5. The van der Waals surface area contributed by atoms with Crippen LogP contribution in [-0.2, 0) is 4.79 Å². The number of alkyl halides is 2. The van der Waals surface area contributed by atoms with Gasteiger partial charge >= 0.3 is 5.97 Å². The van der Waals surface area contributed by atoms with Crippen LogP contribution in [0.1, 0.15) is 6.42 Å². The molecule has 0 aromatic rings. The molecule has 0 unspecified atom stereocenters. The molecule has 7 heteroatoms. The van der Waals surface area contributed by atoms with Crippen molar-refractivity contribution in [3.63, 3.8) is 0 Å². The minimum atomic E-state index is -2.45. The van der Waals surface area contributed by atoms with Crippen LogP contribution in [0.2, 0.25) is 0 Å². The van der Waals surface area contributed by atoms with Crippen molar-refractivity contribution in [3.05, 3.63) is 0 Å². The summed E-state index contributed by atoms with van der Waals surface area (Å²) in [5, 5.41) is 8.23. The monoisotopic (exact) mass is 221 g/mol. The predicted molar refractivity (Wildman–Crippen MR) is 45.9 cm³/mol. The predicted octanol–water partition coefficient (Wildman–Crippen LogP) is 1.17. The van der Waals surface area contributed by atoms with Crippen LogP contribution in [0.4, 0.5) is 8.78 Å². The molecule has 3 nitrogen and oxygen atoms in total. The Bertz CT molecular complexity index is 139. The molecule has 0 heterocycles. The number of carboxylic acid groups (broad SMARTS) is 1. The Morgan fingerprint density at radius 2 is 2.08 bits per heavy atom. The quantitative estimate of drug-likeness (QED) is 0.732. The Labute approximate surface area is 79.1 Å². The number of carbonyl (C=O) groups is 1. The molecular weight excluding hydrogens is 212 g/mol. The molecule has 0 aromatic carbocycles. The second-order valence-electron chi connectivity index (χ2n) is 1.86. The molecule has 0 aliphatic rings. The topological polar surface area (TPSA) is 63.3 Å². The molecule has 0 aliphatic carbocycles. The first kappa shape index (κ1) is 14.5. The molecule has 0 radical (unpaired) electrons. The number of hydrogen-bond acceptors (Lipinski definition) is 3. The Balaban J connectivity index is 0. The minimum Gasteiger partial charge on any atom is -0.480 e. The maximum atomic E-state index is 11.5. The summed E-state index contributed by atoms with van der Waals surface area (Å²) in [6, 6.07) is -1.03. The molecule has 12 heavy (non-hydrogen) atoms. The lowest BCUT2D eigenvalue weighted by molar-refractivity contribution is -0.138. The fourth-order valence-electron chi connectivity index (χ4n) is 0.408. The molecular formula is C5H10ClF2NO2S. The van der Waals surface area contributed by atoms with Gasteiger partial charge in [-0.25, -0.2) is 0 Å². The van der Waals surface area contributed by atoms with E-state index in [-0.39, 0.29) is 24.6 Å². The summed E-state index contributed by atoms with van der Waals surface area (Å²) in [5.41, 5.74) is 5.04. The number of halogens is 3. The molecule has 0 fully saturated rings. The highest BCUT2D eigenvalue weighted by molar-refractivity contribution is 7.99. The fourth-order valence-corrected chi connectivity index (χ4v) is 0.976. The van der Waals surface area contributed by atoms with Gasteiger partial charge in [-0.3, -0.25) is 4.79 Å². The second-order valence-corrected chi connectivity index (χ2v) is 2.96. The van der Waals surface area contributed by atoms with Crippen molar-refractivity contribution in [1.82, 2.24) is 0 Å². The van der Waals surface area contributed by atoms with Crippen molar-refractivity contribution in [3.8, 4) is 0 Å². The zero-order valence-corrected chi connectivity index (χ0v) is 7.71. The molecule has 3 N–H and O–H groups in total. The number of carboxylic acids is 1. The molecule has 0 saturated heterocycles. The van der Waals surface area contributed by atoms with E-state index in [4.69, 9.17) is 10.8 Å². The first-order valence-corrected chi connectivity index (χ1v) is 3.97. The summed E-state index contributed by atoms with van der Waals surface area (Å²) in [6.07, 6.45) is 0.0737. The van der Waals surface area contributed by atoms with E-state index < -0.39 is 17.8 Å². The van der Waals surface area contributed by atoms with Crippen LogP contribution < -0.4 is 5.73 Å². The van der Waals surface area contributed by atoms with Crippen LogP contribution in [0.5, 0.6) is 0 Å². The highest BCUT2D eigenvalue weighted by Crippen LogP contribution is 2.14. The average molecular weight is 222 g/mol. The first-order valence-electron chi connectivity index (χ1n) is 2.92. The van der Waals surface area contributed by atoms with Gasteiger partial charge in [0.1, 0.15) is 6.04 Å². The molecule has 0 saturated carbocycles. The van der Waals surface area contributed by atoms with Crippen molar-refractivity contribution >= 4 is 30.1 Å². The Hall–Kier alpha value is -0.0700. The zero-order valence-electron chi connectivity index (χ0n) is 6.07. The normalized spacial score (nSPS) is 12.3. The van der Waals surface area contributed by atoms with Gasteiger partial charge in [0.15, 0.2) is 0 Å². The fraction of sp³-hybridized carbons (Fsp3) is 0.800. The molecule has 74 valence electrons. The Kier molecular flexibility index (Phi) is 9.12. The largest absolute Gasteiger partial charge is 0.480 e. The van der Waals surface area contributed by atoms with Gasteiger partial charge in [-0.05, 0) is 6.42 Å². The molecule has 0 spiro atoms. The van der Waals surface area contributed by atoms with Crippen molar-refractivity contribution in [2.24, 2.45) is 5.73 Å². The van der Waals surface area contributed by atoms with Crippen molar-refractivity contribution in [2.75, 3.05) is 5.75 Å². The molecule has 0 rings (SSSR count). The van der Waals surface area contributed by atoms with Gasteiger partial charge in [0.05, 0.1) is 0 Å². The summed E-state index contributed by atoms with van der Waals surface area (Å²) in [7, 11) is 0. The summed E-state index contributed by atoms with van der Waals surface area (Å²) < 4.78 is 22.9. The van der Waals surface area contributed by atoms with E-state index in [0.29, 0.717) is 11.8 Å². The van der Waals surface area contributed by atoms with Gasteiger partial charge < -0.3 is 10.8 Å². The lowest BCUT2D eigenvalue weighted by atomic mass is 10.2. The average Bonchev–Trinajstić information content (AvgIpc) is 1.86. The smallest absolute Gasteiger partial charge is 0.320 e. The highest BCUT2D eigenvalue weighted by Gasteiger charge is 2.12. The SMILES string of the molecule is Cl.N[C@@H](CCSC(F)F)C(=O)O. The van der Waals surface area contributed by atoms with E-state index in [1.807, 2.05) is 0 Å².